The van der Waals surface area contributed by atoms with Crippen LogP contribution in [0.3, 0.4) is 0 Å². The molecule has 0 spiro atoms. The van der Waals surface area contributed by atoms with Gasteiger partial charge in [0.1, 0.15) is 5.54 Å². The summed E-state index contributed by atoms with van der Waals surface area (Å²) in [6, 6.07) is 0. The van der Waals surface area contributed by atoms with Crippen LogP contribution in [0.2, 0.25) is 0 Å². The third-order valence-corrected chi connectivity index (χ3v) is 3.90. The van der Waals surface area contributed by atoms with E-state index in [1.54, 1.807) is 10.9 Å². The first-order valence-electron chi connectivity index (χ1n) is 6.74. The zero-order valence-corrected chi connectivity index (χ0v) is 11.2. The number of carboxylic acids is 1. The van der Waals surface area contributed by atoms with Gasteiger partial charge in [-0.2, -0.15) is 5.10 Å². The normalized spacial score (nSPS) is 26.5. The summed E-state index contributed by atoms with van der Waals surface area (Å²) in [5.41, 5.74) is 4.95. The van der Waals surface area contributed by atoms with Gasteiger partial charge in [-0.3, -0.25) is 9.48 Å². The molecule has 19 heavy (non-hydrogen) atoms. The van der Waals surface area contributed by atoms with Gasteiger partial charge in [-0.1, -0.05) is 6.42 Å². The molecule has 0 aromatic carbocycles. The highest BCUT2D eigenvalue weighted by atomic mass is 16.5. The second kappa shape index (κ2) is 5.61. The topological polar surface area (TPSA) is 90.4 Å². The number of carboxylic acid groups (broad SMARTS) is 1. The first-order valence-corrected chi connectivity index (χ1v) is 6.74. The molecule has 2 unspecified atom stereocenters. The number of nitrogens with two attached hydrogens (primary N) is 1. The molecule has 1 saturated carbocycles. The number of hydrogen-bond donors (Lipinski definition) is 2. The molecule has 1 aliphatic carbocycles. The molecule has 1 aromatic rings. The van der Waals surface area contributed by atoms with E-state index < -0.39 is 11.5 Å². The van der Waals surface area contributed by atoms with E-state index in [-0.39, 0.29) is 5.92 Å². The van der Waals surface area contributed by atoms with Crippen LogP contribution in [0.25, 0.3) is 0 Å². The average Bonchev–Trinajstić information content (AvgIpc) is 2.95. The van der Waals surface area contributed by atoms with Crippen LogP contribution in [0.4, 0.5) is 0 Å². The van der Waals surface area contributed by atoms with Crippen LogP contribution in [0, 0.1) is 5.92 Å². The standard InChI is InChI=1S/C13H21N3O3/c1-2-19-11-8-15-16(9-11)7-5-10-4-3-6-13(10,14)12(17)18/h8-10H,2-7,14H2,1H3,(H,17,18). The van der Waals surface area contributed by atoms with Crippen molar-refractivity contribution in [3.05, 3.63) is 12.4 Å². The number of hydrogen-bond acceptors (Lipinski definition) is 4. The summed E-state index contributed by atoms with van der Waals surface area (Å²) >= 11 is 0. The van der Waals surface area contributed by atoms with E-state index >= 15 is 0 Å². The number of nitrogens with zero attached hydrogens (tertiary/aromatic N) is 2. The van der Waals surface area contributed by atoms with Gasteiger partial charge >= 0.3 is 5.97 Å². The lowest BCUT2D eigenvalue weighted by atomic mass is 9.86. The predicted molar refractivity (Wildman–Crippen MR) is 69.9 cm³/mol. The molecule has 6 heteroatoms. The fourth-order valence-corrected chi connectivity index (χ4v) is 2.78. The molecule has 0 bridgehead atoms. The first kappa shape index (κ1) is 13.9. The van der Waals surface area contributed by atoms with E-state index in [1.807, 2.05) is 13.1 Å². The quantitative estimate of drug-likeness (QED) is 0.809. The molecule has 6 nitrogen and oxygen atoms in total. The van der Waals surface area contributed by atoms with E-state index in [0.717, 1.165) is 25.0 Å². The number of rotatable bonds is 6. The van der Waals surface area contributed by atoms with Crippen LogP contribution in [0.5, 0.6) is 5.75 Å². The van der Waals surface area contributed by atoms with E-state index in [2.05, 4.69) is 5.10 Å². The molecule has 1 heterocycles. The van der Waals surface area contributed by atoms with Gasteiger partial charge in [0, 0.05) is 6.54 Å². The zero-order valence-electron chi connectivity index (χ0n) is 11.2. The minimum atomic E-state index is -1.06. The van der Waals surface area contributed by atoms with Crippen molar-refractivity contribution in [1.29, 1.82) is 0 Å². The molecule has 1 fully saturated rings. The van der Waals surface area contributed by atoms with Crippen LogP contribution < -0.4 is 10.5 Å². The van der Waals surface area contributed by atoms with Gasteiger partial charge in [-0.05, 0) is 32.1 Å². The number of aromatic nitrogens is 2. The fourth-order valence-electron chi connectivity index (χ4n) is 2.78. The summed E-state index contributed by atoms with van der Waals surface area (Å²) in [6.45, 7) is 3.20. The number of aliphatic carboxylic acids is 1. The van der Waals surface area contributed by atoms with Crippen molar-refractivity contribution in [3.63, 3.8) is 0 Å². The van der Waals surface area contributed by atoms with Crippen LogP contribution >= 0.6 is 0 Å². The van der Waals surface area contributed by atoms with E-state index in [9.17, 15) is 9.90 Å². The highest BCUT2D eigenvalue weighted by molar-refractivity contribution is 5.79. The maximum absolute atomic E-state index is 11.3. The molecule has 2 atom stereocenters. The third-order valence-electron chi connectivity index (χ3n) is 3.90. The zero-order chi connectivity index (χ0) is 13.9. The molecule has 2 rings (SSSR count). The molecule has 1 aromatic heterocycles. The Balaban J connectivity index is 1.92. The molecule has 106 valence electrons. The fraction of sp³-hybridized carbons (Fsp3) is 0.692. The lowest BCUT2D eigenvalue weighted by molar-refractivity contribution is -0.144. The Kier molecular flexibility index (Phi) is 4.09. The van der Waals surface area contributed by atoms with Gasteiger partial charge in [-0.15, -0.1) is 0 Å². The van der Waals surface area contributed by atoms with Gasteiger partial charge in [0.05, 0.1) is 19.0 Å². The van der Waals surface area contributed by atoms with E-state index in [4.69, 9.17) is 10.5 Å². The summed E-state index contributed by atoms with van der Waals surface area (Å²) in [5.74, 6) is -0.124. The Bertz CT molecular complexity index is 446. The van der Waals surface area contributed by atoms with Gasteiger partial charge in [0.2, 0.25) is 0 Å². The van der Waals surface area contributed by atoms with Crippen LogP contribution in [0.1, 0.15) is 32.6 Å². The van der Waals surface area contributed by atoms with Gasteiger partial charge in [0.15, 0.2) is 5.75 Å². The van der Waals surface area contributed by atoms with Gasteiger partial charge in [0.25, 0.3) is 0 Å². The van der Waals surface area contributed by atoms with Crippen LogP contribution in [-0.4, -0.2) is 33.0 Å². The third kappa shape index (κ3) is 2.89. The maximum atomic E-state index is 11.3. The minimum Gasteiger partial charge on any atom is -0.491 e. The van der Waals surface area contributed by atoms with Crippen molar-refractivity contribution in [2.75, 3.05) is 6.61 Å². The highest BCUT2D eigenvalue weighted by Gasteiger charge is 2.45. The second-order valence-electron chi connectivity index (χ2n) is 5.10. The summed E-state index contributed by atoms with van der Waals surface area (Å²) in [6.07, 6.45) is 6.56. The lowest BCUT2D eigenvalue weighted by Crippen LogP contribution is -2.51. The number of aryl methyl sites for hydroxylation is 1. The van der Waals surface area contributed by atoms with Crippen molar-refractivity contribution in [2.24, 2.45) is 11.7 Å². The van der Waals surface area contributed by atoms with Crippen LogP contribution in [0.15, 0.2) is 12.4 Å². The van der Waals surface area contributed by atoms with E-state index in [0.29, 0.717) is 19.6 Å². The average molecular weight is 267 g/mol. The molecule has 1 aliphatic rings. The smallest absolute Gasteiger partial charge is 0.323 e. The second-order valence-corrected chi connectivity index (χ2v) is 5.10. The Morgan fingerprint density at radius 3 is 3.21 bits per heavy atom. The van der Waals surface area contributed by atoms with Crippen molar-refractivity contribution in [2.45, 2.75) is 44.7 Å². The largest absolute Gasteiger partial charge is 0.491 e. The van der Waals surface area contributed by atoms with Crippen molar-refractivity contribution < 1.29 is 14.6 Å². The highest BCUT2D eigenvalue weighted by Crippen LogP contribution is 2.36. The maximum Gasteiger partial charge on any atom is 0.323 e. The molecular weight excluding hydrogens is 246 g/mol. The van der Waals surface area contributed by atoms with Gasteiger partial charge in [-0.25, -0.2) is 0 Å². The first-order chi connectivity index (χ1) is 9.06. The molecular formula is C13H21N3O3. The minimum absolute atomic E-state index is 0.0183. The molecule has 3 N–H and O–H groups in total. The Morgan fingerprint density at radius 2 is 2.53 bits per heavy atom. The van der Waals surface area contributed by atoms with Crippen molar-refractivity contribution in [3.8, 4) is 5.75 Å². The molecule has 0 radical (unpaired) electrons. The Labute approximate surface area is 112 Å². The molecule has 0 amide bonds. The lowest BCUT2D eigenvalue weighted by Gasteiger charge is -2.26. The monoisotopic (exact) mass is 267 g/mol. The number of ether oxygens (including phenoxy) is 1. The SMILES string of the molecule is CCOc1cnn(CCC2CCCC2(N)C(=O)O)c1. The summed E-state index contributed by atoms with van der Waals surface area (Å²) in [4.78, 5) is 11.3. The van der Waals surface area contributed by atoms with Crippen LogP contribution in [-0.2, 0) is 11.3 Å². The van der Waals surface area contributed by atoms with Crippen molar-refractivity contribution in [1.82, 2.24) is 9.78 Å². The summed E-state index contributed by atoms with van der Waals surface area (Å²) in [5, 5.41) is 13.4. The summed E-state index contributed by atoms with van der Waals surface area (Å²) < 4.78 is 7.12. The Morgan fingerprint density at radius 1 is 1.74 bits per heavy atom. The predicted octanol–water partition coefficient (Wildman–Crippen LogP) is 1.25. The summed E-state index contributed by atoms with van der Waals surface area (Å²) in [7, 11) is 0. The van der Waals surface area contributed by atoms with E-state index in [1.165, 1.54) is 0 Å². The van der Waals surface area contributed by atoms with Gasteiger partial charge < -0.3 is 15.6 Å². The molecule has 0 aliphatic heterocycles. The van der Waals surface area contributed by atoms with Crippen molar-refractivity contribution >= 4 is 5.97 Å². The molecule has 0 saturated heterocycles. The Hall–Kier alpha value is -1.56. The number of carbonyl (C=O) groups is 1.